The molecule has 2 aliphatic rings. The first-order valence-electron chi connectivity index (χ1n) is 7.81. The van der Waals surface area contributed by atoms with E-state index in [0.717, 1.165) is 0 Å². The maximum Gasteiger partial charge on any atom is 0.183 e. The van der Waals surface area contributed by atoms with Crippen molar-refractivity contribution < 1.29 is 49.6 Å². The summed E-state index contributed by atoms with van der Waals surface area (Å²) in [5.41, 5.74) is -4.04. The standard InChI is InChI=1S/C15H22O10/c16-4-7-9(18)10(19)11(20)15(25-7,8-2-1-3-23-8)13-12(21)14(22,5-17)6-24-13/h1-3,7,9-13,16-22H,4-6H2/t7-,9+,10-,11-,12+,13?,14?,15+/m1/s1. The van der Waals surface area contributed by atoms with Gasteiger partial charge in [-0.15, -0.1) is 0 Å². The SMILES string of the molecule is OC[C@H]1O[C@](c2ccco2)(C2OCC(O)(CO)[C@H]2O)[C@H](O)[C@H](O)[C@H]1O. The van der Waals surface area contributed by atoms with Crippen molar-refractivity contribution in [2.24, 2.45) is 0 Å². The molecule has 1 aromatic heterocycles. The van der Waals surface area contributed by atoms with Crippen LogP contribution in [0.2, 0.25) is 0 Å². The molecular weight excluding hydrogens is 340 g/mol. The maximum absolute atomic E-state index is 10.7. The fourth-order valence-corrected chi connectivity index (χ4v) is 3.47. The fraction of sp³-hybridized carbons (Fsp3) is 0.733. The van der Waals surface area contributed by atoms with E-state index in [1.807, 2.05) is 0 Å². The topological polar surface area (TPSA) is 173 Å². The van der Waals surface area contributed by atoms with Crippen LogP contribution in [-0.2, 0) is 15.1 Å². The van der Waals surface area contributed by atoms with Crippen LogP contribution < -0.4 is 0 Å². The van der Waals surface area contributed by atoms with Crippen molar-refractivity contribution in [3.63, 3.8) is 0 Å². The lowest BCUT2D eigenvalue weighted by Gasteiger charge is -2.50. The smallest absolute Gasteiger partial charge is 0.183 e. The van der Waals surface area contributed by atoms with Crippen molar-refractivity contribution in [2.45, 2.75) is 47.8 Å². The highest BCUT2D eigenvalue weighted by Gasteiger charge is 2.66. The van der Waals surface area contributed by atoms with Gasteiger partial charge in [0.05, 0.1) is 26.1 Å². The average molecular weight is 362 g/mol. The third kappa shape index (κ3) is 2.62. The van der Waals surface area contributed by atoms with Gasteiger partial charge < -0.3 is 49.6 Å². The van der Waals surface area contributed by atoms with Crippen molar-refractivity contribution in [3.05, 3.63) is 24.2 Å². The molecule has 25 heavy (non-hydrogen) atoms. The van der Waals surface area contributed by atoms with Crippen molar-refractivity contribution in [1.29, 1.82) is 0 Å². The molecule has 2 unspecified atom stereocenters. The van der Waals surface area contributed by atoms with Crippen LogP contribution in [0.4, 0.5) is 0 Å². The minimum atomic E-state index is -2.03. The minimum absolute atomic E-state index is 0.0457. The molecule has 7 N–H and O–H groups in total. The van der Waals surface area contributed by atoms with E-state index in [1.165, 1.54) is 18.4 Å². The molecular formula is C15H22O10. The zero-order valence-electron chi connectivity index (χ0n) is 13.2. The van der Waals surface area contributed by atoms with Crippen LogP contribution in [0.1, 0.15) is 5.76 Å². The van der Waals surface area contributed by atoms with Crippen molar-refractivity contribution >= 4 is 0 Å². The largest absolute Gasteiger partial charge is 0.466 e. The first-order valence-corrected chi connectivity index (χ1v) is 7.81. The third-order valence-electron chi connectivity index (χ3n) is 4.97. The molecule has 0 radical (unpaired) electrons. The van der Waals surface area contributed by atoms with Gasteiger partial charge in [0.15, 0.2) is 5.60 Å². The molecule has 0 saturated carbocycles. The molecule has 3 rings (SSSR count). The molecule has 0 spiro atoms. The summed E-state index contributed by atoms with van der Waals surface area (Å²) in [5.74, 6) is -0.0457. The summed E-state index contributed by atoms with van der Waals surface area (Å²) in [4.78, 5) is 0. The van der Waals surface area contributed by atoms with Gasteiger partial charge in [-0.3, -0.25) is 0 Å². The minimum Gasteiger partial charge on any atom is -0.466 e. The Hall–Kier alpha value is -1.08. The van der Waals surface area contributed by atoms with Crippen molar-refractivity contribution in [2.75, 3.05) is 19.8 Å². The van der Waals surface area contributed by atoms with E-state index in [2.05, 4.69) is 0 Å². The van der Waals surface area contributed by atoms with E-state index in [0.29, 0.717) is 0 Å². The Morgan fingerprint density at radius 1 is 1.08 bits per heavy atom. The van der Waals surface area contributed by atoms with Gasteiger partial charge in [0.1, 0.15) is 48.0 Å². The molecule has 0 aliphatic carbocycles. The molecule has 0 bridgehead atoms. The van der Waals surface area contributed by atoms with Gasteiger partial charge in [-0.05, 0) is 12.1 Å². The third-order valence-corrected chi connectivity index (χ3v) is 4.97. The van der Waals surface area contributed by atoms with Gasteiger partial charge in [-0.25, -0.2) is 0 Å². The normalized spacial score (nSPS) is 48.0. The molecule has 0 aromatic carbocycles. The van der Waals surface area contributed by atoms with Gasteiger partial charge in [0, 0.05) is 0 Å². The fourth-order valence-electron chi connectivity index (χ4n) is 3.47. The monoisotopic (exact) mass is 362 g/mol. The molecule has 0 amide bonds. The van der Waals surface area contributed by atoms with Crippen LogP contribution >= 0.6 is 0 Å². The number of furan rings is 1. The lowest BCUT2D eigenvalue weighted by Crippen LogP contribution is -2.69. The van der Waals surface area contributed by atoms with Crippen LogP contribution in [0.25, 0.3) is 0 Å². The summed E-state index contributed by atoms with van der Waals surface area (Å²) in [6.45, 7) is -1.97. The van der Waals surface area contributed by atoms with Gasteiger partial charge in [0.25, 0.3) is 0 Å². The maximum atomic E-state index is 10.7. The van der Waals surface area contributed by atoms with E-state index in [9.17, 15) is 35.7 Å². The van der Waals surface area contributed by atoms with E-state index < -0.39 is 67.6 Å². The van der Waals surface area contributed by atoms with E-state index >= 15 is 0 Å². The Bertz CT molecular complexity index is 577. The molecule has 3 heterocycles. The second kappa shape index (κ2) is 6.58. The van der Waals surface area contributed by atoms with Gasteiger partial charge in [0.2, 0.25) is 0 Å². The molecule has 2 fully saturated rings. The Kier molecular flexibility index (Phi) is 4.92. The van der Waals surface area contributed by atoms with Crippen molar-refractivity contribution in [1.82, 2.24) is 0 Å². The molecule has 2 saturated heterocycles. The van der Waals surface area contributed by atoms with Gasteiger partial charge in [-0.1, -0.05) is 0 Å². The second-order valence-corrected chi connectivity index (χ2v) is 6.47. The van der Waals surface area contributed by atoms with Crippen LogP contribution in [0.5, 0.6) is 0 Å². The summed E-state index contributed by atoms with van der Waals surface area (Å²) in [7, 11) is 0. The Morgan fingerprint density at radius 3 is 2.32 bits per heavy atom. The summed E-state index contributed by atoms with van der Waals surface area (Å²) in [6.07, 6.45) is -8.40. The summed E-state index contributed by atoms with van der Waals surface area (Å²) >= 11 is 0. The highest BCUT2D eigenvalue weighted by atomic mass is 16.6. The molecule has 10 heteroatoms. The molecule has 10 nitrogen and oxygen atoms in total. The summed E-state index contributed by atoms with van der Waals surface area (Å²) < 4.78 is 16.4. The average Bonchev–Trinajstić information content (AvgIpc) is 3.25. The predicted molar refractivity (Wildman–Crippen MR) is 78.1 cm³/mol. The zero-order valence-corrected chi connectivity index (χ0v) is 13.2. The highest BCUT2D eigenvalue weighted by Crippen LogP contribution is 2.47. The first-order chi connectivity index (χ1) is 11.8. The van der Waals surface area contributed by atoms with Crippen LogP contribution in [0.15, 0.2) is 22.8 Å². The van der Waals surface area contributed by atoms with Gasteiger partial charge in [-0.2, -0.15) is 0 Å². The molecule has 1 aromatic rings. The van der Waals surface area contributed by atoms with Crippen LogP contribution in [0.3, 0.4) is 0 Å². The van der Waals surface area contributed by atoms with Gasteiger partial charge >= 0.3 is 0 Å². The molecule has 8 atom stereocenters. The Labute approximate surface area is 142 Å². The quantitative estimate of drug-likeness (QED) is 0.284. The van der Waals surface area contributed by atoms with E-state index in [1.54, 1.807) is 0 Å². The van der Waals surface area contributed by atoms with E-state index in [-0.39, 0.29) is 5.76 Å². The Morgan fingerprint density at radius 2 is 1.80 bits per heavy atom. The number of ether oxygens (including phenoxy) is 2. The lowest BCUT2D eigenvalue weighted by molar-refractivity contribution is -0.318. The highest BCUT2D eigenvalue weighted by molar-refractivity contribution is 5.23. The number of aliphatic hydroxyl groups is 7. The summed E-state index contributed by atoms with van der Waals surface area (Å²) in [5, 5.41) is 70.4. The van der Waals surface area contributed by atoms with Crippen molar-refractivity contribution in [3.8, 4) is 0 Å². The Balaban J connectivity index is 2.09. The first kappa shape index (κ1) is 18.7. The molecule has 142 valence electrons. The second-order valence-electron chi connectivity index (χ2n) is 6.47. The number of aliphatic hydroxyl groups excluding tert-OH is 6. The summed E-state index contributed by atoms with van der Waals surface area (Å²) in [6, 6.07) is 2.87. The number of hydrogen-bond donors (Lipinski definition) is 7. The zero-order chi connectivity index (χ0) is 18.4. The predicted octanol–water partition coefficient (Wildman–Crippen LogP) is -3.57. The number of hydrogen-bond acceptors (Lipinski definition) is 10. The van der Waals surface area contributed by atoms with Crippen LogP contribution in [-0.4, -0.2) is 97.8 Å². The number of rotatable bonds is 4. The van der Waals surface area contributed by atoms with Crippen LogP contribution in [0, 0.1) is 0 Å². The molecule has 2 aliphatic heterocycles. The lowest BCUT2D eigenvalue weighted by atomic mass is 9.76. The van der Waals surface area contributed by atoms with E-state index in [4.69, 9.17) is 13.9 Å².